The summed E-state index contributed by atoms with van der Waals surface area (Å²) in [5, 5.41) is 10.9. The van der Waals surface area contributed by atoms with Gasteiger partial charge >= 0.3 is 5.97 Å². The van der Waals surface area contributed by atoms with Crippen molar-refractivity contribution < 1.29 is 19.2 Å². The summed E-state index contributed by atoms with van der Waals surface area (Å²) < 4.78 is 5.41. The Labute approximate surface area is 152 Å². The standard InChI is InChI=1S/C20H23NO5/c1-12(26-19(23)16-3-2-4-17(8-16)21(24)25)18(22)20-9-13-5-14(10-20)7-15(6-13)11-20/h2-4,8,12-15H,5-7,9-11H2,1H3. The molecule has 4 saturated carbocycles. The van der Waals surface area contributed by atoms with Crippen molar-refractivity contribution in [2.45, 2.75) is 51.6 Å². The highest BCUT2D eigenvalue weighted by Crippen LogP contribution is 2.60. The van der Waals surface area contributed by atoms with Crippen molar-refractivity contribution in [3.8, 4) is 0 Å². The summed E-state index contributed by atoms with van der Waals surface area (Å²) in [7, 11) is 0. The molecule has 4 bridgehead atoms. The van der Waals surface area contributed by atoms with Crippen LogP contribution in [0.1, 0.15) is 55.8 Å². The van der Waals surface area contributed by atoms with Gasteiger partial charge in [0.2, 0.25) is 0 Å². The molecule has 138 valence electrons. The van der Waals surface area contributed by atoms with E-state index < -0.39 is 17.0 Å². The van der Waals surface area contributed by atoms with Crippen LogP contribution in [0.2, 0.25) is 0 Å². The van der Waals surface area contributed by atoms with Crippen LogP contribution in [0.5, 0.6) is 0 Å². The summed E-state index contributed by atoms with van der Waals surface area (Å²) >= 11 is 0. The molecule has 26 heavy (non-hydrogen) atoms. The van der Waals surface area contributed by atoms with Gasteiger partial charge in [0.05, 0.1) is 10.5 Å². The summed E-state index contributed by atoms with van der Waals surface area (Å²) in [4.78, 5) is 35.8. The van der Waals surface area contributed by atoms with Gasteiger partial charge in [0.25, 0.3) is 5.69 Å². The number of benzene rings is 1. The first-order valence-corrected chi connectivity index (χ1v) is 9.36. The number of Topliss-reactive ketones (excluding diaryl/α,β-unsaturated/α-hetero) is 1. The molecule has 0 saturated heterocycles. The minimum absolute atomic E-state index is 0.0374. The molecule has 0 radical (unpaired) electrons. The number of hydrogen-bond acceptors (Lipinski definition) is 5. The number of nitrogens with zero attached hydrogens (tertiary/aromatic N) is 1. The molecule has 6 heteroatoms. The SMILES string of the molecule is CC(OC(=O)c1cccc([N+](=O)[O-])c1)C(=O)C12CC3CC(CC(C3)C1)C2. The highest BCUT2D eigenvalue weighted by atomic mass is 16.6. The number of nitro benzene ring substituents is 1. The van der Waals surface area contributed by atoms with E-state index in [1.54, 1.807) is 6.92 Å². The fraction of sp³-hybridized carbons (Fsp3) is 0.600. The number of carbonyl (C=O) groups is 2. The number of non-ortho nitro benzene ring substituents is 1. The van der Waals surface area contributed by atoms with Gasteiger partial charge in [0, 0.05) is 17.5 Å². The largest absolute Gasteiger partial charge is 0.451 e. The normalized spacial score (nSPS) is 32.9. The van der Waals surface area contributed by atoms with Crippen molar-refractivity contribution >= 4 is 17.4 Å². The summed E-state index contributed by atoms with van der Waals surface area (Å²) in [6.45, 7) is 1.64. The average Bonchev–Trinajstić information content (AvgIpc) is 2.59. The zero-order valence-corrected chi connectivity index (χ0v) is 14.8. The van der Waals surface area contributed by atoms with E-state index in [-0.39, 0.29) is 22.4 Å². The van der Waals surface area contributed by atoms with Gasteiger partial charge in [-0.2, -0.15) is 0 Å². The number of ketones is 1. The first-order valence-electron chi connectivity index (χ1n) is 9.36. The third-order valence-corrected chi connectivity index (χ3v) is 6.51. The van der Waals surface area contributed by atoms with Gasteiger partial charge in [-0.15, -0.1) is 0 Å². The smallest absolute Gasteiger partial charge is 0.339 e. The second kappa shape index (κ2) is 6.18. The van der Waals surface area contributed by atoms with Crippen molar-refractivity contribution in [3.05, 3.63) is 39.9 Å². The van der Waals surface area contributed by atoms with Crippen LogP contribution in [0.15, 0.2) is 24.3 Å². The van der Waals surface area contributed by atoms with Crippen molar-refractivity contribution in [2.75, 3.05) is 0 Å². The topological polar surface area (TPSA) is 86.5 Å². The van der Waals surface area contributed by atoms with Crippen LogP contribution in [0, 0.1) is 33.3 Å². The molecule has 4 aliphatic carbocycles. The van der Waals surface area contributed by atoms with Crippen molar-refractivity contribution in [3.63, 3.8) is 0 Å². The molecule has 1 aromatic carbocycles. The van der Waals surface area contributed by atoms with E-state index in [0.29, 0.717) is 17.8 Å². The lowest BCUT2D eigenvalue weighted by molar-refractivity contribution is -0.384. The summed E-state index contributed by atoms with van der Waals surface area (Å²) in [5.74, 6) is 1.29. The molecule has 0 spiro atoms. The Morgan fingerprint density at radius 2 is 1.73 bits per heavy atom. The lowest BCUT2D eigenvalue weighted by Gasteiger charge is -2.56. The van der Waals surface area contributed by atoms with Crippen LogP contribution in [0.25, 0.3) is 0 Å². The van der Waals surface area contributed by atoms with Crippen LogP contribution in [0.3, 0.4) is 0 Å². The Bertz CT molecular complexity index is 736. The third kappa shape index (κ3) is 2.91. The van der Waals surface area contributed by atoms with Crippen molar-refractivity contribution in [2.24, 2.45) is 23.2 Å². The first kappa shape index (κ1) is 17.2. The Morgan fingerprint density at radius 1 is 1.15 bits per heavy atom. The summed E-state index contributed by atoms with van der Waals surface area (Å²) in [6, 6.07) is 5.42. The maximum absolute atomic E-state index is 13.2. The summed E-state index contributed by atoms with van der Waals surface area (Å²) in [6.07, 6.45) is 5.69. The van der Waals surface area contributed by atoms with E-state index in [1.807, 2.05) is 0 Å². The van der Waals surface area contributed by atoms with Crippen LogP contribution in [0.4, 0.5) is 5.69 Å². The van der Waals surface area contributed by atoms with Gasteiger partial charge in [0.1, 0.15) is 0 Å². The number of ether oxygens (including phenoxy) is 1. The van der Waals surface area contributed by atoms with E-state index in [4.69, 9.17) is 4.74 Å². The van der Waals surface area contributed by atoms with E-state index in [0.717, 1.165) is 19.3 Å². The third-order valence-electron chi connectivity index (χ3n) is 6.51. The van der Waals surface area contributed by atoms with Gasteiger partial charge in [0.15, 0.2) is 11.9 Å². The highest BCUT2D eigenvalue weighted by molar-refractivity contribution is 5.95. The van der Waals surface area contributed by atoms with E-state index >= 15 is 0 Å². The number of esters is 1. The van der Waals surface area contributed by atoms with Crippen LogP contribution >= 0.6 is 0 Å². The molecule has 6 nitrogen and oxygen atoms in total. The predicted octanol–water partition coefficient (Wildman–Crippen LogP) is 3.93. The maximum Gasteiger partial charge on any atom is 0.339 e. The molecule has 0 aliphatic heterocycles. The molecular weight excluding hydrogens is 334 g/mol. The fourth-order valence-electron chi connectivity index (χ4n) is 5.87. The lowest BCUT2D eigenvalue weighted by atomic mass is 9.48. The van der Waals surface area contributed by atoms with Gasteiger partial charge in [-0.05, 0) is 69.3 Å². The molecular formula is C20H23NO5. The van der Waals surface area contributed by atoms with E-state index in [2.05, 4.69) is 0 Å². The Balaban J connectivity index is 1.47. The quantitative estimate of drug-likeness (QED) is 0.453. The van der Waals surface area contributed by atoms with E-state index in [9.17, 15) is 19.7 Å². The molecule has 1 atom stereocenters. The second-order valence-corrected chi connectivity index (χ2v) is 8.42. The lowest BCUT2D eigenvalue weighted by Crippen LogP contribution is -2.52. The van der Waals surface area contributed by atoms with Crippen LogP contribution in [-0.4, -0.2) is 22.8 Å². The zero-order chi connectivity index (χ0) is 18.5. The minimum atomic E-state index is -0.821. The number of nitro groups is 1. The monoisotopic (exact) mass is 357 g/mol. The van der Waals surface area contributed by atoms with Crippen LogP contribution < -0.4 is 0 Å². The Hall–Kier alpha value is -2.24. The Morgan fingerprint density at radius 3 is 2.27 bits per heavy atom. The molecule has 0 N–H and O–H groups in total. The fourth-order valence-corrected chi connectivity index (χ4v) is 5.87. The molecule has 0 heterocycles. The maximum atomic E-state index is 13.2. The molecule has 1 aromatic rings. The van der Waals surface area contributed by atoms with E-state index in [1.165, 1.54) is 43.5 Å². The number of hydrogen-bond donors (Lipinski definition) is 0. The molecule has 5 rings (SSSR count). The van der Waals surface area contributed by atoms with Crippen molar-refractivity contribution in [1.29, 1.82) is 0 Å². The van der Waals surface area contributed by atoms with Gasteiger partial charge in [-0.1, -0.05) is 6.07 Å². The summed E-state index contributed by atoms with van der Waals surface area (Å²) in [5.41, 5.74) is -0.388. The van der Waals surface area contributed by atoms with Gasteiger partial charge in [-0.3, -0.25) is 14.9 Å². The number of carbonyl (C=O) groups excluding carboxylic acids is 2. The average molecular weight is 357 g/mol. The predicted molar refractivity (Wildman–Crippen MR) is 93.6 cm³/mol. The van der Waals surface area contributed by atoms with Gasteiger partial charge < -0.3 is 4.74 Å². The van der Waals surface area contributed by atoms with Crippen molar-refractivity contribution in [1.82, 2.24) is 0 Å². The molecule has 1 unspecified atom stereocenters. The molecule has 4 fully saturated rings. The zero-order valence-electron chi connectivity index (χ0n) is 14.8. The number of rotatable bonds is 5. The second-order valence-electron chi connectivity index (χ2n) is 8.42. The van der Waals surface area contributed by atoms with Gasteiger partial charge in [-0.25, -0.2) is 4.79 Å². The Kier molecular flexibility index (Phi) is 4.09. The highest BCUT2D eigenvalue weighted by Gasteiger charge is 2.55. The van der Waals surface area contributed by atoms with Crippen LogP contribution in [-0.2, 0) is 9.53 Å². The minimum Gasteiger partial charge on any atom is -0.451 e. The molecule has 0 amide bonds. The molecule has 0 aromatic heterocycles. The first-order chi connectivity index (χ1) is 12.4. The molecule has 4 aliphatic rings.